The maximum Gasteiger partial charge on any atom is 0.429 e. The third-order valence-corrected chi connectivity index (χ3v) is 6.68. The van der Waals surface area contributed by atoms with Gasteiger partial charge in [0, 0.05) is 0 Å². The zero-order chi connectivity index (χ0) is 25.2. The second-order valence-electron chi connectivity index (χ2n) is 9.32. The van der Waals surface area contributed by atoms with Gasteiger partial charge in [0.05, 0.1) is 5.56 Å². The zero-order valence-electron chi connectivity index (χ0n) is 19.6. The van der Waals surface area contributed by atoms with Crippen molar-refractivity contribution >= 4 is 12.2 Å². The Hall–Kier alpha value is -3.15. The molecule has 0 aromatic heterocycles. The molecule has 184 valence electrons. The molecule has 0 N–H and O–H groups in total. The molecule has 0 atom stereocenters. The number of hydrogen-bond donors (Lipinski definition) is 0. The molecule has 1 saturated carbocycles. The van der Waals surface area contributed by atoms with Crippen molar-refractivity contribution in [2.75, 3.05) is 0 Å². The number of benzene rings is 3. The van der Waals surface area contributed by atoms with Gasteiger partial charge in [0.15, 0.2) is 11.6 Å². The quantitative estimate of drug-likeness (QED) is 0.250. The van der Waals surface area contributed by atoms with E-state index in [9.17, 15) is 22.0 Å². The summed E-state index contributed by atoms with van der Waals surface area (Å²) in [5.41, 5.74) is 1.48. The molecule has 1 aliphatic carbocycles. The standard InChI is InChI=1S/C29H27F5O/c1-18-3-11-22(12-4-18)23-13-8-20(9-14-23)6-7-21-10-15-24(25(30)17-21)29(33,34)35-26-16-5-19(2)27(31)28(26)32/h5-10,13-18,22H,3-4,11-12H2,1-2H3/b7-6+. The summed E-state index contributed by atoms with van der Waals surface area (Å²) in [5, 5.41) is 0. The number of halogens is 5. The average Bonchev–Trinajstić information content (AvgIpc) is 2.84. The van der Waals surface area contributed by atoms with Crippen LogP contribution in [0.2, 0.25) is 0 Å². The van der Waals surface area contributed by atoms with Crippen molar-refractivity contribution in [3.05, 3.63) is 99.9 Å². The predicted octanol–water partition coefficient (Wildman–Crippen LogP) is 9.00. The number of alkyl halides is 2. The van der Waals surface area contributed by atoms with Gasteiger partial charge in [0.1, 0.15) is 5.82 Å². The Morgan fingerprint density at radius 3 is 2.09 bits per heavy atom. The molecule has 0 heterocycles. The Bertz CT molecular complexity index is 1210. The largest absolute Gasteiger partial charge is 0.429 e. The molecule has 0 saturated heterocycles. The van der Waals surface area contributed by atoms with Gasteiger partial charge >= 0.3 is 6.11 Å². The summed E-state index contributed by atoms with van der Waals surface area (Å²) in [7, 11) is 0. The first kappa shape index (κ1) is 25.0. The summed E-state index contributed by atoms with van der Waals surface area (Å²) < 4.78 is 75.6. The van der Waals surface area contributed by atoms with Crippen LogP contribution in [0.5, 0.6) is 5.75 Å². The molecule has 0 amide bonds. The topological polar surface area (TPSA) is 9.23 Å². The van der Waals surface area contributed by atoms with Crippen molar-refractivity contribution in [3.63, 3.8) is 0 Å². The molecule has 0 spiro atoms. The molecule has 0 bridgehead atoms. The lowest BCUT2D eigenvalue weighted by Crippen LogP contribution is -2.24. The maximum absolute atomic E-state index is 14.5. The number of ether oxygens (including phenoxy) is 1. The summed E-state index contributed by atoms with van der Waals surface area (Å²) in [6.07, 6.45) is 4.09. The highest BCUT2D eigenvalue weighted by atomic mass is 19.3. The highest BCUT2D eigenvalue weighted by Crippen LogP contribution is 2.37. The van der Waals surface area contributed by atoms with E-state index in [1.54, 1.807) is 12.2 Å². The first-order chi connectivity index (χ1) is 16.6. The Morgan fingerprint density at radius 2 is 1.43 bits per heavy atom. The van der Waals surface area contributed by atoms with Crippen molar-refractivity contribution in [1.82, 2.24) is 0 Å². The number of aryl methyl sites for hydroxylation is 1. The molecule has 0 aliphatic heterocycles. The van der Waals surface area contributed by atoms with Gasteiger partial charge in [0.25, 0.3) is 0 Å². The molecule has 0 radical (unpaired) electrons. The lowest BCUT2D eigenvalue weighted by molar-refractivity contribution is -0.189. The monoisotopic (exact) mass is 486 g/mol. The fraction of sp³-hybridized carbons (Fsp3) is 0.310. The molecule has 3 aromatic rings. The van der Waals surface area contributed by atoms with Crippen LogP contribution in [-0.4, -0.2) is 0 Å². The Labute approximate surface area is 202 Å². The fourth-order valence-corrected chi connectivity index (χ4v) is 4.44. The van der Waals surface area contributed by atoms with E-state index in [1.807, 2.05) is 12.1 Å². The number of rotatable bonds is 6. The maximum atomic E-state index is 14.5. The van der Waals surface area contributed by atoms with Gasteiger partial charge in [-0.25, -0.2) is 8.78 Å². The van der Waals surface area contributed by atoms with E-state index in [0.717, 1.165) is 35.7 Å². The van der Waals surface area contributed by atoms with Crippen LogP contribution in [0.1, 0.15) is 66.3 Å². The van der Waals surface area contributed by atoms with Crippen molar-refractivity contribution in [2.45, 2.75) is 51.6 Å². The lowest BCUT2D eigenvalue weighted by atomic mass is 9.79. The normalized spacial score (nSPS) is 18.7. The second kappa shape index (κ2) is 10.2. The van der Waals surface area contributed by atoms with Gasteiger partial charge in [-0.3, -0.25) is 0 Å². The highest BCUT2D eigenvalue weighted by molar-refractivity contribution is 5.69. The summed E-state index contributed by atoms with van der Waals surface area (Å²) >= 11 is 0. The van der Waals surface area contributed by atoms with Gasteiger partial charge in [-0.15, -0.1) is 0 Å². The van der Waals surface area contributed by atoms with E-state index >= 15 is 0 Å². The van der Waals surface area contributed by atoms with Gasteiger partial charge < -0.3 is 4.74 Å². The summed E-state index contributed by atoms with van der Waals surface area (Å²) in [4.78, 5) is 0. The molecule has 35 heavy (non-hydrogen) atoms. The minimum Gasteiger partial charge on any atom is -0.426 e. The molecule has 1 aliphatic rings. The van der Waals surface area contributed by atoms with Crippen LogP contribution >= 0.6 is 0 Å². The van der Waals surface area contributed by atoms with E-state index < -0.39 is 34.9 Å². The minimum absolute atomic E-state index is 0.0567. The molecular weight excluding hydrogens is 459 g/mol. The predicted molar refractivity (Wildman–Crippen MR) is 128 cm³/mol. The zero-order valence-corrected chi connectivity index (χ0v) is 19.6. The third kappa shape index (κ3) is 5.75. The number of hydrogen-bond acceptors (Lipinski definition) is 1. The van der Waals surface area contributed by atoms with E-state index in [2.05, 4.69) is 23.8 Å². The summed E-state index contributed by atoms with van der Waals surface area (Å²) in [6, 6.07) is 13.3. The van der Waals surface area contributed by atoms with Crippen LogP contribution in [0.4, 0.5) is 22.0 Å². The lowest BCUT2D eigenvalue weighted by Gasteiger charge is -2.26. The van der Waals surface area contributed by atoms with E-state index in [1.165, 1.54) is 44.2 Å². The van der Waals surface area contributed by atoms with Crippen LogP contribution in [-0.2, 0) is 6.11 Å². The first-order valence-corrected chi connectivity index (χ1v) is 11.7. The molecule has 3 aromatic carbocycles. The van der Waals surface area contributed by atoms with Crippen molar-refractivity contribution in [2.24, 2.45) is 5.92 Å². The molecule has 1 fully saturated rings. The fourth-order valence-electron chi connectivity index (χ4n) is 4.44. The van der Waals surface area contributed by atoms with E-state index in [-0.39, 0.29) is 5.56 Å². The summed E-state index contributed by atoms with van der Waals surface area (Å²) in [5.74, 6) is -3.67. The third-order valence-electron chi connectivity index (χ3n) is 6.68. The first-order valence-electron chi connectivity index (χ1n) is 11.7. The van der Waals surface area contributed by atoms with Gasteiger partial charge in [-0.05, 0) is 72.1 Å². The van der Waals surface area contributed by atoms with Crippen molar-refractivity contribution in [1.29, 1.82) is 0 Å². The SMILES string of the molecule is Cc1ccc(OC(F)(F)c2ccc(/C=C/c3ccc(C4CCC(C)CC4)cc3)cc2F)c(F)c1F. The molecule has 0 unspecified atom stereocenters. The van der Waals surface area contributed by atoms with E-state index in [4.69, 9.17) is 0 Å². The van der Waals surface area contributed by atoms with Crippen LogP contribution in [0.3, 0.4) is 0 Å². The highest BCUT2D eigenvalue weighted by Gasteiger charge is 2.38. The molecule has 4 rings (SSSR count). The Balaban J connectivity index is 1.45. The van der Waals surface area contributed by atoms with Crippen LogP contribution in [0.15, 0.2) is 54.6 Å². The van der Waals surface area contributed by atoms with Crippen molar-refractivity contribution < 1.29 is 26.7 Å². The smallest absolute Gasteiger partial charge is 0.426 e. The Morgan fingerprint density at radius 1 is 0.800 bits per heavy atom. The minimum atomic E-state index is -4.19. The van der Waals surface area contributed by atoms with Crippen LogP contribution < -0.4 is 4.74 Å². The van der Waals surface area contributed by atoms with Crippen LogP contribution in [0.25, 0.3) is 12.2 Å². The molecule has 1 nitrogen and oxygen atoms in total. The van der Waals surface area contributed by atoms with Gasteiger partial charge in [-0.2, -0.15) is 13.2 Å². The summed E-state index contributed by atoms with van der Waals surface area (Å²) in [6.45, 7) is 3.58. The molecule has 6 heteroatoms. The van der Waals surface area contributed by atoms with Gasteiger partial charge in [0.2, 0.25) is 5.82 Å². The average molecular weight is 487 g/mol. The molecular formula is C29H27F5O. The van der Waals surface area contributed by atoms with E-state index in [0.29, 0.717) is 11.5 Å². The van der Waals surface area contributed by atoms with Crippen LogP contribution in [0, 0.1) is 30.3 Å². The Kier molecular flexibility index (Phi) is 7.29. The second-order valence-corrected chi connectivity index (χ2v) is 9.32. The van der Waals surface area contributed by atoms with Gasteiger partial charge in [-0.1, -0.05) is 68.3 Å². The van der Waals surface area contributed by atoms with Crippen molar-refractivity contribution in [3.8, 4) is 5.75 Å².